The van der Waals surface area contributed by atoms with E-state index in [4.69, 9.17) is 0 Å². The number of hydrogen-bond acceptors (Lipinski definition) is 5. The summed E-state index contributed by atoms with van der Waals surface area (Å²) in [6.45, 7) is 0.529. The number of carbonyl (C=O) groups is 1. The quantitative estimate of drug-likeness (QED) is 0.722. The molecule has 0 N–H and O–H groups in total. The number of aromatic nitrogens is 2. The van der Waals surface area contributed by atoms with Crippen molar-refractivity contribution in [2.45, 2.75) is 6.54 Å². The normalized spacial score (nSPS) is 10.3. The second kappa shape index (κ2) is 6.70. The Morgan fingerprint density at radius 3 is 1.87 bits per heavy atom. The summed E-state index contributed by atoms with van der Waals surface area (Å²) < 4.78 is 0. The largest absolute Gasteiger partial charge is 0.545 e. The van der Waals surface area contributed by atoms with Crippen molar-refractivity contribution in [3.8, 4) is 0 Å². The fourth-order valence-electron chi connectivity index (χ4n) is 2.23. The van der Waals surface area contributed by atoms with Crippen molar-refractivity contribution < 1.29 is 9.90 Å². The van der Waals surface area contributed by atoms with E-state index in [0.29, 0.717) is 6.54 Å². The van der Waals surface area contributed by atoms with Gasteiger partial charge in [-0.15, -0.1) is 0 Å². The summed E-state index contributed by atoms with van der Waals surface area (Å²) in [5, 5.41) is 10.8. The molecule has 0 bridgehead atoms. The number of carboxylic acids is 1. The summed E-state index contributed by atoms with van der Waals surface area (Å²) in [5.41, 5.74) is 1.11. The molecule has 23 heavy (non-hydrogen) atoms. The molecule has 0 radical (unpaired) electrons. The zero-order chi connectivity index (χ0) is 16.1. The van der Waals surface area contributed by atoms with E-state index < -0.39 is 5.97 Å². The lowest BCUT2D eigenvalue weighted by Crippen LogP contribution is -2.22. The van der Waals surface area contributed by atoms with Crippen molar-refractivity contribution in [2.24, 2.45) is 0 Å². The lowest BCUT2D eigenvalue weighted by molar-refractivity contribution is -0.255. The molecule has 0 saturated heterocycles. The second-order valence-corrected chi connectivity index (χ2v) is 4.95. The van der Waals surface area contributed by atoms with E-state index in [1.807, 2.05) is 41.3 Å². The molecular weight excluding hydrogens is 290 g/mol. The van der Waals surface area contributed by atoms with Crippen molar-refractivity contribution in [3.05, 3.63) is 84.2 Å². The standard InChI is InChI=1S/C18H15N3O2/c22-18(23)15-9-7-14(8-10-15)13-21(16-5-1-3-11-19-16)17-6-2-4-12-20-17/h1-12H,13H2,(H,22,23)/p-1. The van der Waals surface area contributed by atoms with Gasteiger partial charge in [0.05, 0.1) is 12.5 Å². The smallest absolute Gasteiger partial charge is 0.134 e. The highest BCUT2D eigenvalue weighted by Gasteiger charge is 2.12. The molecule has 2 heterocycles. The molecule has 0 spiro atoms. The van der Waals surface area contributed by atoms with Crippen molar-refractivity contribution in [2.75, 3.05) is 4.90 Å². The van der Waals surface area contributed by atoms with Crippen LogP contribution in [0.3, 0.4) is 0 Å². The zero-order valence-electron chi connectivity index (χ0n) is 12.3. The Bertz CT molecular complexity index is 735. The molecule has 114 valence electrons. The van der Waals surface area contributed by atoms with Crippen LogP contribution in [0.25, 0.3) is 0 Å². The first kappa shape index (κ1) is 14.7. The number of anilines is 2. The summed E-state index contributed by atoms with van der Waals surface area (Å²) >= 11 is 0. The first-order valence-electron chi connectivity index (χ1n) is 7.14. The molecule has 0 amide bonds. The monoisotopic (exact) mass is 304 g/mol. The topological polar surface area (TPSA) is 69.2 Å². The van der Waals surface area contributed by atoms with E-state index >= 15 is 0 Å². The number of hydrogen-bond donors (Lipinski definition) is 0. The van der Waals surface area contributed by atoms with Crippen LogP contribution in [0.15, 0.2) is 73.1 Å². The van der Waals surface area contributed by atoms with Gasteiger partial charge in [-0.3, -0.25) is 0 Å². The van der Waals surface area contributed by atoms with Crippen molar-refractivity contribution in [1.82, 2.24) is 9.97 Å². The molecule has 0 fully saturated rings. The molecule has 0 aliphatic heterocycles. The number of carbonyl (C=O) groups excluding carboxylic acids is 1. The van der Waals surface area contributed by atoms with E-state index in [0.717, 1.165) is 17.2 Å². The molecule has 5 nitrogen and oxygen atoms in total. The molecule has 3 rings (SSSR count). The third-order valence-corrected chi connectivity index (χ3v) is 3.38. The molecule has 3 aromatic rings. The third-order valence-electron chi connectivity index (χ3n) is 3.38. The average Bonchev–Trinajstić information content (AvgIpc) is 2.61. The van der Waals surface area contributed by atoms with Gasteiger partial charge in [0.2, 0.25) is 0 Å². The van der Waals surface area contributed by atoms with Crippen LogP contribution in [0, 0.1) is 0 Å². The number of rotatable bonds is 5. The van der Waals surface area contributed by atoms with Crippen LogP contribution in [-0.2, 0) is 6.54 Å². The van der Waals surface area contributed by atoms with Crippen LogP contribution in [0.5, 0.6) is 0 Å². The van der Waals surface area contributed by atoms with Gasteiger partial charge < -0.3 is 14.8 Å². The minimum atomic E-state index is -1.18. The highest BCUT2D eigenvalue weighted by molar-refractivity contribution is 5.85. The average molecular weight is 304 g/mol. The van der Waals surface area contributed by atoms with E-state index in [2.05, 4.69) is 9.97 Å². The van der Waals surface area contributed by atoms with Crippen molar-refractivity contribution >= 4 is 17.6 Å². The molecule has 0 aliphatic carbocycles. The van der Waals surface area contributed by atoms with Gasteiger partial charge in [-0.25, -0.2) is 9.97 Å². The second-order valence-electron chi connectivity index (χ2n) is 4.95. The summed E-state index contributed by atoms with van der Waals surface area (Å²) in [6.07, 6.45) is 3.45. The van der Waals surface area contributed by atoms with Gasteiger partial charge in [-0.2, -0.15) is 0 Å². The number of carboxylic acid groups (broad SMARTS) is 1. The Labute approximate surface area is 133 Å². The maximum Gasteiger partial charge on any atom is 0.134 e. The molecule has 0 unspecified atom stereocenters. The highest BCUT2D eigenvalue weighted by Crippen LogP contribution is 2.23. The lowest BCUT2D eigenvalue weighted by Gasteiger charge is -2.23. The summed E-state index contributed by atoms with van der Waals surface area (Å²) in [4.78, 5) is 21.6. The Morgan fingerprint density at radius 2 is 1.43 bits per heavy atom. The summed E-state index contributed by atoms with van der Waals surface area (Å²) in [7, 11) is 0. The van der Waals surface area contributed by atoms with Crippen LogP contribution in [0.4, 0.5) is 11.6 Å². The predicted molar refractivity (Wildman–Crippen MR) is 85.1 cm³/mol. The van der Waals surface area contributed by atoms with Crippen molar-refractivity contribution in [3.63, 3.8) is 0 Å². The number of aromatic carboxylic acids is 1. The molecule has 0 saturated carbocycles. The molecule has 5 heteroatoms. The van der Waals surface area contributed by atoms with Gasteiger partial charge in [-0.1, -0.05) is 36.4 Å². The van der Waals surface area contributed by atoms with Gasteiger partial charge in [0.15, 0.2) is 0 Å². The van der Waals surface area contributed by atoms with Gasteiger partial charge in [-0.05, 0) is 35.4 Å². The minimum Gasteiger partial charge on any atom is -0.545 e. The maximum atomic E-state index is 10.8. The number of benzene rings is 1. The van der Waals surface area contributed by atoms with Gasteiger partial charge in [0.1, 0.15) is 11.6 Å². The first-order chi connectivity index (χ1) is 11.2. The minimum absolute atomic E-state index is 0.163. The predicted octanol–water partition coefficient (Wildman–Crippen LogP) is 2.18. The van der Waals surface area contributed by atoms with Crippen LogP contribution in [-0.4, -0.2) is 15.9 Å². The third kappa shape index (κ3) is 3.52. The van der Waals surface area contributed by atoms with Crippen molar-refractivity contribution in [1.29, 1.82) is 0 Å². The fourth-order valence-corrected chi connectivity index (χ4v) is 2.23. The fraction of sp³-hybridized carbons (Fsp3) is 0.0556. The summed E-state index contributed by atoms with van der Waals surface area (Å²) in [6, 6.07) is 18.0. The van der Waals surface area contributed by atoms with Gasteiger partial charge in [0, 0.05) is 12.4 Å². The number of nitrogens with zero attached hydrogens (tertiary/aromatic N) is 3. The molecule has 2 aromatic heterocycles. The Balaban J connectivity index is 1.92. The Kier molecular flexibility index (Phi) is 4.29. The van der Waals surface area contributed by atoms with E-state index in [9.17, 15) is 9.90 Å². The van der Waals surface area contributed by atoms with Crippen LogP contribution in [0.1, 0.15) is 15.9 Å². The summed E-state index contributed by atoms with van der Waals surface area (Å²) in [5.74, 6) is 0.369. The van der Waals surface area contributed by atoms with Gasteiger partial charge in [0.25, 0.3) is 0 Å². The van der Waals surface area contributed by atoms with E-state index in [1.165, 1.54) is 0 Å². The van der Waals surface area contributed by atoms with E-state index in [-0.39, 0.29) is 5.56 Å². The highest BCUT2D eigenvalue weighted by atomic mass is 16.4. The lowest BCUT2D eigenvalue weighted by atomic mass is 10.1. The maximum absolute atomic E-state index is 10.8. The molecular formula is C18H14N3O2-. The van der Waals surface area contributed by atoms with E-state index in [1.54, 1.807) is 36.7 Å². The van der Waals surface area contributed by atoms with Crippen LogP contribution < -0.4 is 10.0 Å². The molecule has 0 aliphatic rings. The van der Waals surface area contributed by atoms with Crippen LogP contribution in [0.2, 0.25) is 0 Å². The molecule has 1 aromatic carbocycles. The first-order valence-corrected chi connectivity index (χ1v) is 7.14. The number of pyridine rings is 2. The van der Waals surface area contributed by atoms with Gasteiger partial charge >= 0.3 is 0 Å². The SMILES string of the molecule is O=C([O-])c1ccc(CN(c2ccccn2)c2ccccn2)cc1. The Hall–Kier alpha value is -3.21. The molecule has 0 atom stereocenters. The zero-order valence-corrected chi connectivity index (χ0v) is 12.3. The van der Waals surface area contributed by atoms with Crippen LogP contribution >= 0.6 is 0 Å². The Morgan fingerprint density at radius 1 is 0.870 bits per heavy atom.